The molecule has 0 saturated carbocycles. The fourth-order valence-corrected chi connectivity index (χ4v) is 2.30. The molecular formula is C9H16N2OS. The van der Waals surface area contributed by atoms with E-state index in [1.807, 2.05) is 6.92 Å². The molecule has 0 amide bonds. The van der Waals surface area contributed by atoms with Crippen LogP contribution in [0.4, 0.5) is 0 Å². The van der Waals surface area contributed by atoms with E-state index in [0.717, 1.165) is 23.7 Å². The third-order valence-electron chi connectivity index (χ3n) is 2.14. The van der Waals surface area contributed by atoms with Gasteiger partial charge in [-0.2, -0.15) is 4.37 Å². The first-order valence-corrected chi connectivity index (χ1v) is 5.46. The monoisotopic (exact) mass is 200 g/mol. The predicted octanol–water partition coefficient (Wildman–Crippen LogP) is 1.97. The van der Waals surface area contributed by atoms with Crippen LogP contribution in [0, 0.1) is 0 Å². The Kier molecular flexibility index (Phi) is 3.81. The molecule has 1 N–H and O–H groups in total. The second-order valence-electron chi connectivity index (χ2n) is 3.16. The highest BCUT2D eigenvalue weighted by molar-refractivity contribution is 7.05. The quantitative estimate of drug-likeness (QED) is 0.808. The van der Waals surface area contributed by atoms with Gasteiger partial charge < -0.3 is 5.11 Å². The third-order valence-corrected chi connectivity index (χ3v) is 3.02. The zero-order valence-corrected chi connectivity index (χ0v) is 9.14. The van der Waals surface area contributed by atoms with Gasteiger partial charge in [0.1, 0.15) is 10.8 Å². The summed E-state index contributed by atoms with van der Waals surface area (Å²) in [5.74, 6) is 1.04. The molecule has 13 heavy (non-hydrogen) atoms. The van der Waals surface area contributed by atoms with Crippen LogP contribution in [0.1, 0.15) is 43.9 Å². The molecule has 0 aromatic carbocycles. The van der Waals surface area contributed by atoms with E-state index in [1.165, 1.54) is 11.5 Å². The molecule has 0 saturated heterocycles. The molecule has 4 heteroatoms. The molecular weight excluding hydrogens is 184 g/mol. The Bertz CT molecular complexity index is 260. The SMILES string of the molecule is CCc1nsc(C(CC)C(C)O)n1. The highest BCUT2D eigenvalue weighted by Gasteiger charge is 2.19. The van der Waals surface area contributed by atoms with E-state index in [4.69, 9.17) is 0 Å². The summed E-state index contributed by atoms with van der Waals surface area (Å²) in [4.78, 5) is 4.37. The lowest BCUT2D eigenvalue weighted by atomic mass is 10.0. The molecule has 1 heterocycles. The first-order valence-electron chi connectivity index (χ1n) is 4.69. The standard InChI is InChI=1S/C9H16N2OS/c1-4-7(6(3)12)9-10-8(5-2)11-13-9/h6-7,12H,4-5H2,1-3H3. The molecule has 0 fully saturated rings. The molecule has 2 atom stereocenters. The van der Waals surface area contributed by atoms with Crippen LogP contribution in [-0.4, -0.2) is 20.6 Å². The van der Waals surface area contributed by atoms with Crippen molar-refractivity contribution in [2.24, 2.45) is 0 Å². The lowest BCUT2D eigenvalue weighted by Crippen LogP contribution is -2.13. The van der Waals surface area contributed by atoms with Gasteiger partial charge in [-0.1, -0.05) is 13.8 Å². The summed E-state index contributed by atoms with van der Waals surface area (Å²) < 4.78 is 4.21. The Morgan fingerprint density at radius 3 is 2.54 bits per heavy atom. The summed E-state index contributed by atoms with van der Waals surface area (Å²) in [6, 6.07) is 0. The van der Waals surface area contributed by atoms with Crippen molar-refractivity contribution in [3.63, 3.8) is 0 Å². The molecule has 0 aliphatic carbocycles. The molecule has 0 bridgehead atoms. The average molecular weight is 200 g/mol. The smallest absolute Gasteiger partial charge is 0.142 e. The summed E-state index contributed by atoms with van der Waals surface area (Å²) in [5.41, 5.74) is 0. The van der Waals surface area contributed by atoms with Gasteiger partial charge in [-0.05, 0) is 24.9 Å². The minimum Gasteiger partial charge on any atom is -0.393 e. The molecule has 1 aromatic rings. The van der Waals surface area contributed by atoms with Crippen molar-refractivity contribution in [3.05, 3.63) is 10.8 Å². The van der Waals surface area contributed by atoms with E-state index in [0.29, 0.717) is 0 Å². The van der Waals surface area contributed by atoms with Crippen LogP contribution in [0.5, 0.6) is 0 Å². The van der Waals surface area contributed by atoms with Gasteiger partial charge in [0.15, 0.2) is 0 Å². The van der Waals surface area contributed by atoms with Crippen molar-refractivity contribution >= 4 is 11.5 Å². The van der Waals surface area contributed by atoms with Crippen molar-refractivity contribution < 1.29 is 5.11 Å². The first kappa shape index (κ1) is 10.6. The summed E-state index contributed by atoms with van der Waals surface area (Å²) >= 11 is 1.41. The number of nitrogens with zero attached hydrogens (tertiary/aromatic N) is 2. The normalized spacial score (nSPS) is 15.7. The zero-order chi connectivity index (χ0) is 9.84. The number of aromatic nitrogens is 2. The number of aliphatic hydroxyl groups is 1. The van der Waals surface area contributed by atoms with Gasteiger partial charge in [0, 0.05) is 12.3 Å². The maximum absolute atomic E-state index is 9.49. The highest BCUT2D eigenvalue weighted by atomic mass is 32.1. The second kappa shape index (κ2) is 4.67. The van der Waals surface area contributed by atoms with Crippen molar-refractivity contribution in [1.29, 1.82) is 0 Å². The number of aryl methyl sites for hydroxylation is 1. The van der Waals surface area contributed by atoms with Crippen molar-refractivity contribution in [2.45, 2.75) is 45.6 Å². The van der Waals surface area contributed by atoms with Crippen LogP contribution >= 0.6 is 11.5 Å². The van der Waals surface area contributed by atoms with E-state index in [9.17, 15) is 5.11 Å². The molecule has 2 unspecified atom stereocenters. The number of aliphatic hydroxyl groups excluding tert-OH is 1. The maximum Gasteiger partial charge on any atom is 0.142 e. The lowest BCUT2D eigenvalue weighted by molar-refractivity contribution is 0.159. The van der Waals surface area contributed by atoms with Crippen LogP contribution in [0.3, 0.4) is 0 Å². The molecule has 0 spiro atoms. The minimum absolute atomic E-state index is 0.151. The summed E-state index contributed by atoms with van der Waals surface area (Å²) in [5, 5.41) is 10.5. The fraction of sp³-hybridized carbons (Fsp3) is 0.778. The summed E-state index contributed by atoms with van der Waals surface area (Å²) in [7, 11) is 0. The second-order valence-corrected chi connectivity index (χ2v) is 3.94. The molecule has 0 aliphatic heterocycles. The summed E-state index contributed by atoms with van der Waals surface area (Å²) in [6.45, 7) is 5.90. The third kappa shape index (κ3) is 2.48. The maximum atomic E-state index is 9.49. The van der Waals surface area contributed by atoms with E-state index in [2.05, 4.69) is 16.3 Å². The van der Waals surface area contributed by atoms with Gasteiger partial charge in [-0.15, -0.1) is 0 Å². The van der Waals surface area contributed by atoms with Gasteiger partial charge in [0.25, 0.3) is 0 Å². The van der Waals surface area contributed by atoms with Crippen molar-refractivity contribution in [2.75, 3.05) is 0 Å². The molecule has 3 nitrogen and oxygen atoms in total. The molecule has 1 aromatic heterocycles. The Morgan fingerprint density at radius 1 is 1.46 bits per heavy atom. The molecule has 74 valence electrons. The Hall–Kier alpha value is -0.480. The van der Waals surface area contributed by atoms with Crippen LogP contribution < -0.4 is 0 Å². The van der Waals surface area contributed by atoms with E-state index < -0.39 is 0 Å². The minimum atomic E-state index is -0.331. The van der Waals surface area contributed by atoms with E-state index >= 15 is 0 Å². The van der Waals surface area contributed by atoms with Gasteiger partial charge in [-0.25, -0.2) is 4.98 Å². The van der Waals surface area contributed by atoms with Crippen LogP contribution in [0.15, 0.2) is 0 Å². The zero-order valence-electron chi connectivity index (χ0n) is 8.32. The summed E-state index contributed by atoms with van der Waals surface area (Å²) in [6.07, 6.45) is 1.45. The predicted molar refractivity (Wildman–Crippen MR) is 54.0 cm³/mol. The number of hydrogen-bond donors (Lipinski definition) is 1. The van der Waals surface area contributed by atoms with E-state index in [1.54, 1.807) is 6.92 Å². The van der Waals surface area contributed by atoms with Crippen molar-refractivity contribution in [3.8, 4) is 0 Å². The Balaban J connectivity index is 2.79. The van der Waals surface area contributed by atoms with Gasteiger partial charge >= 0.3 is 0 Å². The molecule has 0 aliphatic rings. The van der Waals surface area contributed by atoms with Gasteiger partial charge in [-0.3, -0.25) is 0 Å². The molecule has 0 radical (unpaired) electrons. The highest BCUT2D eigenvalue weighted by Crippen LogP contribution is 2.24. The largest absolute Gasteiger partial charge is 0.393 e. The van der Waals surface area contributed by atoms with Gasteiger partial charge in [0.05, 0.1) is 6.10 Å². The lowest BCUT2D eigenvalue weighted by Gasteiger charge is -2.13. The topological polar surface area (TPSA) is 46.0 Å². The average Bonchev–Trinajstić information content (AvgIpc) is 2.53. The van der Waals surface area contributed by atoms with E-state index in [-0.39, 0.29) is 12.0 Å². The van der Waals surface area contributed by atoms with Crippen LogP contribution in [0.25, 0.3) is 0 Å². The van der Waals surface area contributed by atoms with Gasteiger partial charge in [0.2, 0.25) is 0 Å². The molecule has 1 rings (SSSR count). The van der Waals surface area contributed by atoms with Crippen LogP contribution in [-0.2, 0) is 6.42 Å². The Morgan fingerprint density at radius 2 is 2.15 bits per heavy atom. The number of rotatable bonds is 4. The van der Waals surface area contributed by atoms with Crippen molar-refractivity contribution in [1.82, 2.24) is 9.36 Å². The first-order chi connectivity index (χ1) is 6.19. The Labute approximate surface area is 83.0 Å². The fourth-order valence-electron chi connectivity index (χ4n) is 1.28. The van der Waals surface area contributed by atoms with Crippen LogP contribution in [0.2, 0.25) is 0 Å². The number of hydrogen-bond acceptors (Lipinski definition) is 4.